The van der Waals surface area contributed by atoms with Crippen molar-refractivity contribution in [2.75, 3.05) is 12.0 Å². The van der Waals surface area contributed by atoms with Gasteiger partial charge >= 0.3 is 5.97 Å². The van der Waals surface area contributed by atoms with Crippen molar-refractivity contribution < 1.29 is 23.8 Å². The van der Waals surface area contributed by atoms with Crippen LogP contribution in [-0.2, 0) is 6.54 Å². The molecular weight excluding hydrogens is 372 g/mol. The molecule has 1 aromatic heterocycles. The van der Waals surface area contributed by atoms with E-state index >= 15 is 0 Å². The van der Waals surface area contributed by atoms with Crippen LogP contribution in [0.2, 0.25) is 0 Å². The molecule has 0 amide bonds. The second kappa shape index (κ2) is 8.26. The van der Waals surface area contributed by atoms with E-state index < -0.39 is 5.97 Å². The number of hydrogen-bond donors (Lipinski definition) is 1. The molecule has 1 saturated carbocycles. The van der Waals surface area contributed by atoms with Gasteiger partial charge < -0.3 is 23.9 Å². The molecule has 1 fully saturated rings. The number of carboxylic acid groups (broad SMARTS) is 1. The normalized spacial score (nSPS) is 13.6. The van der Waals surface area contributed by atoms with Gasteiger partial charge in [-0.05, 0) is 49.6 Å². The molecule has 150 valence electrons. The molecule has 0 spiro atoms. The van der Waals surface area contributed by atoms with E-state index in [0.717, 1.165) is 24.2 Å². The first kappa shape index (κ1) is 18.9. The van der Waals surface area contributed by atoms with Crippen LogP contribution >= 0.6 is 0 Å². The van der Waals surface area contributed by atoms with E-state index in [1.807, 2.05) is 29.2 Å². The minimum Gasteiger partial charge on any atom is -0.493 e. The van der Waals surface area contributed by atoms with E-state index in [-0.39, 0.29) is 11.7 Å². The third-order valence-corrected chi connectivity index (χ3v) is 5.01. The molecule has 0 atom stereocenters. The van der Waals surface area contributed by atoms with Crippen molar-refractivity contribution in [1.82, 2.24) is 4.98 Å². The molecule has 0 aliphatic heterocycles. The molecule has 1 N–H and O–H groups in total. The number of ether oxygens (including phenoxy) is 2. The van der Waals surface area contributed by atoms with Crippen molar-refractivity contribution in [2.45, 2.75) is 31.9 Å². The highest BCUT2D eigenvalue weighted by atomic mass is 16.5. The summed E-state index contributed by atoms with van der Waals surface area (Å²) in [7, 11) is 1.62. The first-order valence-electron chi connectivity index (χ1n) is 9.47. The Morgan fingerprint density at radius 1 is 1.21 bits per heavy atom. The van der Waals surface area contributed by atoms with Crippen molar-refractivity contribution in [3.8, 4) is 11.5 Å². The van der Waals surface area contributed by atoms with Gasteiger partial charge in [-0.1, -0.05) is 6.07 Å². The molecule has 0 unspecified atom stereocenters. The van der Waals surface area contributed by atoms with Crippen LogP contribution in [0, 0.1) is 0 Å². The van der Waals surface area contributed by atoms with Crippen LogP contribution in [0.5, 0.6) is 11.5 Å². The second-order valence-electron chi connectivity index (χ2n) is 6.92. The van der Waals surface area contributed by atoms with Gasteiger partial charge in [0.2, 0.25) is 0 Å². The number of hydrogen-bond acceptors (Lipinski definition) is 6. The van der Waals surface area contributed by atoms with Crippen LogP contribution in [0.4, 0.5) is 11.4 Å². The van der Waals surface area contributed by atoms with E-state index in [1.165, 1.54) is 12.8 Å². The fraction of sp³-hybridized carbons (Fsp3) is 0.273. The van der Waals surface area contributed by atoms with Gasteiger partial charge in [0.05, 0.1) is 31.5 Å². The number of anilines is 2. The van der Waals surface area contributed by atoms with Crippen LogP contribution in [0.25, 0.3) is 0 Å². The van der Waals surface area contributed by atoms with Gasteiger partial charge in [-0.15, -0.1) is 0 Å². The van der Waals surface area contributed by atoms with Gasteiger partial charge in [-0.2, -0.15) is 0 Å². The lowest BCUT2D eigenvalue weighted by Crippen LogP contribution is -2.25. The maximum absolute atomic E-state index is 11.4. The summed E-state index contributed by atoms with van der Waals surface area (Å²) in [5, 5.41) is 9.38. The number of oxazole rings is 1. The smallest absolute Gasteiger partial charge is 0.335 e. The van der Waals surface area contributed by atoms with E-state index in [9.17, 15) is 9.90 Å². The molecule has 7 heteroatoms. The molecule has 1 aliphatic rings. The first-order chi connectivity index (χ1) is 14.1. The third-order valence-electron chi connectivity index (χ3n) is 5.01. The van der Waals surface area contributed by atoms with Crippen molar-refractivity contribution in [1.29, 1.82) is 0 Å². The number of carboxylic acids is 1. The van der Waals surface area contributed by atoms with E-state index in [4.69, 9.17) is 13.9 Å². The van der Waals surface area contributed by atoms with E-state index in [0.29, 0.717) is 23.8 Å². The average molecular weight is 394 g/mol. The topological polar surface area (TPSA) is 85.0 Å². The summed E-state index contributed by atoms with van der Waals surface area (Å²) < 4.78 is 17.0. The molecule has 1 heterocycles. The van der Waals surface area contributed by atoms with E-state index in [1.54, 1.807) is 31.5 Å². The highest BCUT2D eigenvalue weighted by Gasteiger charge is 2.22. The number of rotatable bonds is 8. The Hall–Kier alpha value is -3.48. The SMILES string of the molecule is COc1ccc(N(Cc2cnco2)c2cccc(C(=O)O)c2)cc1OC1CCC1. The molecule has 1 aliphatic carbocycles. The molecular formula is C22H22N2O5. The molecule has 0 saturated heterocycles. The summed E-state index contributed by atoms with van der Waals surface area (Å²) in [5.74, 6) is 1.02. The lowest BCUT2D eigenvalue weighted by molar-refractivity contribution is 0.0697. The molecule has 3 aromatic rings. The number of aromatic carboxylic acids is 1. The Morgan fingerprint density at radius 2 is 2.03 bits per heavy atom. The summed E-state index contributed by atoms with van der Waals surface area (Å²) in [6.07, 6.45) is 6.47. The standard InChI is InChI=1S/C22H22N2O5/c1-27-20-9-8-17(11-21(20)29-18-6-3-7-18)24(13-19-12-23-14-28-19)16-5-2-4-15(10-16)22(25)26/h2,4-5,8-12,14,18H,3,6-7,13H2,1H3,(H,25,26). The molecule has 0 radical (unpaired) electrons. The van der Waals surface area contributed by atoms with E-state index in [2.05, 4.69) is 4.98 Å². The second-order valence-corrected chi connectivity index (χ2v) is 6.92. The lowest BCUT2D eigenvalue weighted by Gasteiger charge is -2.29. The molecule has 29 heavy (non-hydrogen) atoms. The summed E-state index contributed by atoms with van der Waals surface area (Å²) >= 11 is 0. The van der Waals surface area contributed by atoms with Crippen molar-refractivity contribution in [3.05, 3.63) is 66.4 Å². The zero-order chi connectivity index (χ0) is 20.2. The van der Waals surface area contributed by atoms with Crippen molar-refractivity contribution in [3.63, 3.8) is 0 Å². The molecule has 7 nitrogen and oxygen atoms in total. The predicted molar refractivity (Wildman–Crippen MR) is 107 cm³/mol. The van der Waals surface area contributed by atoms with Crippen molar-refractivity contribution >= 4 is 17.3 Å². The number of benzene rings is 2. The number of methoxy groups -OCH3 is 1. The van der Waals surface area contributed by atoms with Crippen LogP contribution in [0.3, 0.4) is 0 Å². The molecule has 4 rings (SSSR count). The quantitative estimate of drug-likeness (QED) is 0.595. The summed E-state index contributed by atoms with van der Waals surface area (Å²) in [6, 6.07) is 12.5. The fourth-order valence-electron chi connectivity index (χ4n) is 3.21. The zero-order valence-corrected chi connectivity index (χ0v) is 16.1. The average Bonchev–Trinajstić information content (AvgIpc) is 3.22. The summed E-state index contributed by atoms with van der Waals surface area (Å²) in [4.78, 5) is 17.4. The monoisotopic (exact) mass is 394 g/mol. The molecule has 2 aromatic carbocycles. The minimum absolute atomic E-state index is 0.206. The van der Waals surface area contributed by atoms with Gasteiger partial charge in [0.15, 0.2) is 17.9 Å². The fourth-order valence-corrected chi connectivity index (χ4v) is 3.21. The highest BCUT2D eigenvalue weighted by molar-refractivity contribution is 5.89. The Kier molecular flexibility index (Phi) is 5.37. The summed E-state index contributed by atoms with van der Waals surface area (Å²) in [5.41, 5.74) is 1.77. The van der Waals surface area contributed by atoms with Gasteiger partial charge in [0.1, 0.15) is 5.76 Å². The summed E-state index contributed by atoms with van der Waals surface area (Å²) in [6.45, 7) is 0.387. The number of carbonyl (C=O) groups is 1. The largest absolute Gasteiger partial charge is 0.493 e. The first-order valence-corrected chi connectivity index (χ1v) is 9.47. The highest BCUT2D eigenvalue weighted by Crippen LogP contribution is 2.38. The van der Waals surface area contributed by atoms with Gasteiger partial charge in [-0.3, -0.25) is 0 Å². The molecule has 0 bridgehead atoms. The van der Waals surface area contributed by atoms with Crippen LogP contribution < -0.4 is 14.4 Å². The van der Waals surface area contributed by atoms with Gasteiger partial charge in [-0.25, -0.2) is 9.78 Å². The lowest BCUT2D eigenvalue weighted by atomic mass is 9.96. The number of nitrogens with zero attached hydrogens (tertiary/aromatic N) is 2. The van der Waals surface area contributed by atoms with Gasteiger partial charge in [0.25, 0.3) is 0 Å². The Labute approximate surface area is 168 Å². The number of aromatic nitrogens is 1. The Bertz CT molecular complexity index is 983. The minimum atomic E-state index is -0.977. The van der Waals surface area contributed by atoms with Crippen LogP contribution in [0.15, 0.2) is 59.5 Å². The van der Waals surface area contributed by atoms with Gasteiger partial charge in [0, 0.05) is 17.4 Å². The zero-order valence-electron chi connectivity index (χ0n) is 16.1. The third kappa shape index (κ3) is 4.18. The Balaban J connectivity index is 1.73. The Morgan fingerprint density at radius 3 is 2.69 bits per heavy atom. The maximum Gasteiger partial charge on any atom is 0.335 e. The van der Waals surface area contributed by atoms with Crippen LogP contribution in [-0.4, -0.2) is 29.3 Å². The maximum atomic E-state index is 11.4. The predicted octanol–water partition coefficient (Wildman–Crippen LogP) is 4.65. The van der Waals surface area contributed by atoms with Crippen molar-refractivity contribution in [2.24, 2.45) is 0 Å². The van der Waals surface area contributed by atoms with Crippen LogP contribution in [0.1, 0.15) is 35.4 Å².